The number of carbonyl (C=O) groups is 1. The second-order valence-electron chi connectivity index (χ2n) is 6.34. The summed E-state index contributed by atoms with van der Waals surface area (Å²) in [5.74, 6) is 0.811. The average molecular weight is 342 g/mol. The van der Waals surface area contributed by atoms with Gasteiger partial charge in [-0.15, -0.1) is 10.2 Å². The first-order chi connectivity index (χ1) is 12.2. The van der Waals surface area contributed by atoms with E-state index in [0.717, 1.165) is 56.0 Å². The van der Waals surface area contributed by atoms with E-state index in [1.54, 1.807) is 12.1 Å². The van der Waals surface area contributed by atoms with E-state index in [0.29, 0.717) is 0 Å². The van der Waals surface area contributed by atoms with Crippen molar-refractivity contribution in [3.63, 3.8) is 0 Å². The molecule has 5 nitrogen and oxygen atoms in total. The van der Waals surface area contributed by atoms with Crippen LogP contribution in [0.3, 0.4) is 0 Å². The number of aromatic nitrogens is 2. The molecule has 0 aliphatic carbocycles. The lowest BCUT2D eigenvalue weighted by Gasteiger charge is -2.31. The molecule has 0 bridgehead atoms. The van der Waals surface area contributed by atoms with Crippen molar-refractivity contribution in [2.24, 2.45) is 5.92 Å². The molecule has 1 fully saturated rings. The Bertz CT molecular complexity index is 694. The zero-order chi connectivity index (χ0) is 17.6. The fraction of sp³-hybridized carbons (Fsp3) is 0.421. The summed E-state index contributed by atoms with van der Waals surface area (Å²) in [5, 5.41) is 11.5. The van der Waals surface area contributed by atoms with E-state index in [-0.39, 0.29) is 17.6 Å². The molecular weight excluding hydrogens is 319 g/mol. The second-order valence-corrected chi connectivity index (χ2v) is 6.34. The molecule has 1 amide bonds. The van der Waals surface area contributed by atoms with Crippen molar-refractivity contribution in [1.82, 2.24) is 15.5 Å². The Morgan fingerprint density at radius 3 is 2.48 bits per heavy atom. The summed E-state index contributed by atoms with van der Waals surface area (Å²) in [7, 11) is 0. The van der Waals surface area contributed by atoms with Gasteiger partial charge in [-0.3, -0.25) is 4.79 Å². The smallest absolute Gasteiger partial charge is 0.223 e. The van der Waals surface area contributed by atoms with Crippen molar-refractivity contribution in [1.29, 1.82) is 0 Å². The summed E-state index contributed by atoms with van der Waals surface area (Å²) in [5.41, 5.74) is 1.56. The summed E-state index contributed by atoms with van der Waals surface area (Å²) >= 11 is 0. The van der Waals surface area contributed by atoms with E-state index in [1.807, 2.05) is 12.1 Å². The van der Waals surface area contributed by atoms with Gasteiger partial charge in [-0.2, -0.15) is 0 Å². The molecule has 1 saturated heterocycles. The molecule has 1 aliphatic rings. The molecule has 0 unspecified atom stereocenters. The molecule has 0 radical (unpaired) electrons. The topological polar surface area (TPSA) is 58.1 Å². The summed E-state index contributed by atoms with van der Waals surface area (Å²) in [6, 6.07) is 10.1. The van der Waals surface area contributed by atoms with Gasteiger partial charge in [0.05, 0.1) is 5.69 Å². The van der Waals surface area contributed by atoms with Crippen LogP contribution in [0, 0.1) is 11.7 Å². The molecule has 1 aromatic carbocycles. The fourth-order valence-corrected chi connectivity index (χ4v) is 3.03. The number of rotatable bonds is 5. The zero-order valence-electron chi connectivity index (χ0n) is 14.4. The second kappa shape index (κ2) is 8.05. The lowest BCUT2D eigenvalue weighted by atomic mass is 9.96. The van der Waals surface area contributed by atoms with Crippen molar-refractivity contribution in [2.75, 3.05) is 24.5 Å². The molecule has 0 saturated carbocycles. The van der Waals surface area contributed by atoms with Crippen LogP contribution in [0.4, 0.5) is 10.2 Å². The lowest BCUT2D eigenvalue weighted by Crippen LogP contribution is -2.41. The first kappa shape index (κ1) is 17.3. The average Bonchev–Trinajstić information content (AvgIpc) is 2.67. The van der Waals surface area contributed by atoms with Gasteiger partial charge in [0.1, 0.15) is 5.82 Å². The highest BCUT2D eigenvalue weighted by atomic mass is 19.1. The first-order valence-electron chi connectivity index (χ1n) is 8.79. The van der Waals surface area contributed by atoms with Gasteiger partial charge >= 0.3 is 0 Å². The maximum atomic E-state index is 13.0. The van der Waals surface area contributed by atoms with Gasteiger partial charge < -0.3 is 10.2 Å². The minimum atomic E-state index is -0.265. The molecule has 0 spiro atoms. The minimum Gasteiger partial charge on any atom is -0.356 e. The number of nitrogens with zero attached hydrogens (tertiary/aromatic N) is 3. The molecule has 25 heavy (non-hydrogen) atoms. The predicted molar refractivity (Wildman–Crippen MR) is 95.7 cm³/mol. The number of amides is 1. The van der Waals surface area contributed by atoms with E-state index < -0.39 is 0 Å². The van der Waals surface area contributed by atoms with E-state index in [2.05, 4.69) is 27.3 Å². The van der Waals surface area contributed by atoms with Gasteiger partial charge in [0.25, 0.3) is 0 Å². The lowest BCUT2D eigenvalue weighted by molar-refractivity contribution is -0.125. The molecule has 3 rings (SSSR count). The third-order valence-electron chi connectivity index (χ3n) is 4.53. The highest BCUT2D eigenvalue weighted by Crippen LogP contribution is 2.23. The SMILES string of the molecule is CCCNC(=O)C1CCN(c2ccc(-c3ccc(F)cc3)nn2)CC1. The Labute approximate surface area is 147 Å². The summed E-state index contributed by atoms with van der Waals surface area (Å²) < 4.78 is 13.0. The number of hydrogen-bond acceptors (Lipinski definition) is 4. The van der Waals surface area contributed by atoms with Crippen LogP contribution in [0.25, 0.3) is 11.3 Å². The van der Waals surface area contributed by atoms with Crippen molar-refractivity contribution < 1.29 is 9.18 Å². The highest BCUT2D eigenvalue weighted by Gasteiger charge is 2.25. The maximum absolute atomic E-state index is 13.0. The van der Waals surface area contributed by atoms with Gasteiger partial charge in [-0.1, -0.05) is 6.92 Å². The van der Waals surface area contributed by atoms with Crippen LogP contribution in [0.2, 0.25) is 0 Å². The summed E-state index contributed by atoms with van der Waals surface area (Å²) in [6.45, 7) is 4.40. The number of anilines is 1. The quantitative estimate of drug-likeness (QED) is 0.907. The highest BCUT2D eigenvalue weighted by molar-refractivity contribution is 5.78. The Hall–Kier alpha value is -2.50. The van der Waals surface area contributed by atoms with E-state index in [1.165, 1.54) is 12.1 Å². The Balaban J connectivity index is 1.58. The molecule has 2 heterocycles. The molecular formula is C19H23FN4O. The first-order valence-corrected chi connectivity index (χ1v) is 8.79. The van der Waals surface area contributed by atoms with Crippen LogP contribution in [0.1, 0.15) is 26.2 Å². The van der Waals surface area contributed by atoms with Crippen LogP contribution in [0.5, 0.6) is 0 Å². The third kappa shape index (κ3) is 4.32. The standard InChI is InChI=1S/C19H23FN4O/c1-2-11-21-19(25)15-9-12-24(13-10-15)18-8-7-17(22-23-18)14-3-5-16(20)6-4-14/h3-8,15H,2,9-13H2,1H3,(H,21,25). The number of carbonyl (C=O) groups excluding carboxylic acids is 1. The number of nitrogens with one attached hydrogen (secondary N) is 1. The monoisotopic (exact) mass is 342 g/mol. The van der Waals surface area contributed by atoms with Crippen molar-refractivity contribution in [2.45, 2.75) is 26.2 Å². The Morgan fingerprint density at radius 1 is 1.16 bits per heavy atom. The number of piperidine rings is 1. The van der Waals surface area contributed by atoms with E-state index in [4.69, 9.17) is 0 Å². The van der Waals surface area contributed by atoms with Gasteiger partial charge in [0.2, 0.25) is 5.91 Å². The molecule has 1 aromatic heterocycles. The largest absolute Gasteiger partial charge is 0.356 e. The van der Waals surface area contributed by atoms with Gasteiger partial charge in [0, 0.05) is 31.1 Å². The van der Waals surface area contributed by atoms with E-state index >= 15 is 0 Å². The maximum Gasteiger partial charge on any atom is 0.223 e. The number of benzene rings is 1. The van der Waals surface area contributed by atoms with Crippen LogP contribution < -0.4 is 10.2 Å². The summed E-state index contributed by atoms with van der Waals surface area (Å²) in [4.78, 5) is 14.2. The molecule has 1 N–H and O–H groups in total. The number of halogens is 1. The van der Waals surface area contributed by atoms with Crippen molar-refractivity contribution in [3.05, 3.63) is 42.2 Å². The molecule has 0 atom stereocenters. The van der Waals surface area contributed by atoms with Crippen LogP contribution >= 0.6 is 0 Å². The van der Waals surface area contributed by atoms with Crippen molar-refractivity contribution in [3.8, 4) is 11.3 Å². The van der Waals surface area contributed by atoms with Crippen molar-refractivity contribution >= 4 is 11.7 Å². The molecule has 2 aromatic rings. The van der Waals surface area contributed by atoms with Crippen LogP contribution in [0.15, 0.2) is 36.4 Å². The van der Waals surface area contributed by atoms with Gasteiger partial charge in [-0.05, 0) is 55.7 Å². The minimum absolute atomic E-state index is 0.0919. The fourth-order valence-electron chi connectivity index (χ4n) is 3.03. The molecule has 132 valence electrons. The third-order valence-corrected chi connectivity index (χ3v) is 4.53. The van der Waals surface area contributed by atoms with E-state index in [9.17, 15) is 9.18 Å². The predicted octanol–water partition coefficient (Wildman–Crippen LogP) is 3.03. The normalized spacial score (nSPS) is 15.2. The number of hydrogen-bond donors (Lipinski definition) is 1. The Kier molecular flexibility index (Phi) is 5.58. The zero-order valence-corrected chi connectivity index (χ0v) is 14.4. The van der Waals surface area contributed by atoms with Crippen LogP contribution in [-0.4, -0.2) is 35.7 Å². The summed E-state index contributed by atoms with van der Waals surface area (Å²) in [6.07, 6.45) is 2.62. The van der Waals surface area contributed by atoms with Crippen LogP contribution in [-0.2, 0) is 4.79 Å². The van der Waals surface area contributed by atoms with Gasteiger partial charge in [-0.25, -0.2) is 4.39 Å². The molecule has 6 heteroatoms. The Morgan fingerprint density at radius 2 is 1.88 bits per heavy atom. The molecule has 1 aliphatic heterocycles. The van der Waals surface area contributed by atoms with Gasteiger partial charge in [0.15, 0.2) is 5.82 Å².